The number of aromatic nitrogens is 2. The predicted octanol–water partition coefficient (Wildman–Crippen LogP) is 1.97. The number of carbonyl (C=O) groups excluding carboxylic acids is 1. The van der Waals surface area contributed by atoms with E-state index in [1.165, 1.54) is 11.3 Å². The number of hydrogen-bond acceptors (Lipinski definition) is 8. The average Bonchev–Trinajstić information content (AvgIpc) is 3.34. The standard InChI is InChI=1S/C20H22N4O4S3/c1-2-23(14-8-9-31(27,28)12-14)16(25)11-30-20-22-18-17(19(26)24(20)21)15(10-29-18)13-6-4-3-5-7-13/h3-7,10,14H,2,8-9,11-12,21H2,1H3/t14-/m1/s1. The Morgan fingerprint density at radius 1 is 1.35 bits per heavy atom. The summed E-state index contributed by atoms with van der Waals surface area (Å²) in [7, 11) is -3.09. The number of thiophene rings is 1. The molecule has 4 rings (SSSR count). The van der Waals surface area contributed by atoms with Crippen LogP contribution in [0.15, 0.2) is 45.7 Å². The zero-order valence-electron chi connectivity index (χ0n) is 16.9. The van der Waals surface area contributed by atoms with Crippen molar-refractivity contribution < 1.29 is 13.2 Å². The molecule has 3 aromatic rings. The van der Waals surface area contributed by atoms with Gasteiger partial charge in [0, 0.05) is 23.5 Å². The highest BCUT2D eigenvalue weighted by atomic mass is 32.2. The first-order chi connectivity index (χ1) is 14.8. The molecule has 1 saturated heterocycles. The highest BCUT2D eigenvalue weighted by Crippen LogP contribution is 2.31. The number of carbonyl (C=O) groups is 1. The van der Waals surface area contributed by atoms with E-state index in [2.05, 4.69) is 4.98 Å². The minimum absolute atomic E-state index is 0.000507. The van der Waals surface area contributed by atoms with Gasteiger partial charge in [0.25, 0.3) is 5.56 Å². The average molecular weight is 479 g/mol. The van der Waals surface area contributed by atoms with Crippen molar-refractivity contribution in [3.8, 4) is 11.1 Å². The second kappa shape index (κ2) is 8.64. The molecule has 0 spiro atoms. The molecule has 1 aliphatic rings. The lowest BCUT2D eigenvalue weighted by Gasteiger charge is -2.26. The third kappa shape index (κ3) is 4.35. The summed E-state index contributed by atoms with van der Waals surface area (Å²) in [6.07, 6.45) is 0.454. The van der Waals surface area contributed by atoms with Crippen LogP contribution in [0.25, 0.3) is 21.3 Å². The SMILES string of the molecule is CCN(C(=O)CSc1nc2scc(-c3ccccc3)c2c(=O)n1N)[C@@H]1CCS(=O)(=O)C1. The minimum Gasteiger partial charge on any atom is -0.338 e. The Morgan fingerprint density at radius 3 is 2.74 bits per heavy atom. The van der Waals surface area contributed by atoms with Crippen LogP contribution in [-0.2, 0) is 14.6 Å². The molecule has 0 bridgehead atoms. The Kier molecular flexibility index (Phi) is 6.09. The van der Waals surface area contributed by atoms with Gasteiger partial charge in [0.15, 0.2) is 15.0 Å². The zero-order chi connectivity index (χ0) is 22.2. The summed E-state index contributed by atoms with van der Waals surface area (Å²) in [5.41, 5.74) is 1.33. The van der Waals surface area contributed by atoms with Crippen molar-refractivity contribution in [1.29, 1.82) is 0 Å². The highest BCUT2D eigenvalue weighted by Gasteiger charge is 2.34. The van der Waals surface area contributed by atoms with Gasteiger partial charge in [0.1, 0.15) is 4.83 Å². The largest absolute Gasteiger partial charge is 0.338 e. The molecule has 11 heteroatoms. The molecule has 1 aliphatic heterocycles. The smallest absolute Gasteiger partial charge is 0.282 e. The lowest BCUT2D eigenvalue weighted by molar-refractivity contribution is -0.129. The van der Waals surface area contributed by atoms with Crippen LogP contribution < -0.4 is 11.4 Å². The van der Waals surface area contributed by atoms with Crippen molar-refractivity contribution in [3.05, 3.63) is 46.1 Å². The van der Waals surface area contributed by atoms with E-state index in [0.29, 0.717) is 23.2 Å². The van der Waals surface area contributed by atoms with Crippen LogP contribution in [0, 0.1) is 0 Å². The van der Waals surface area contributed by atoms with E-state index in [4.69, 9.17) is 5.84 Å². The van der Waals surface area contributed by atoms with E-state index < -0.39 is 9.84 Å². The van der Waals surface area contributed by atoms with E-state index >= 15 is 0 Å². The normalized spacial score (nSPS) is 17.8. The first-order valence-corrected chi connectivity index (χ1v) is 13.5. The highest BCUT2D eigenvalue weighted by molar-refractivity contribution is 7.99. The Labute approximate surface area is 188 Å². The predicted molar refractivity (Wildman–Crippen MR) is 125 cm³/mol. The molecule has 0 saturated carbocycles. The summed E-state index contributed by atoms with van der Waals surface area (Å²) < 4.78 is 24.5. The van der Waals surface area contributed by atoms with Gasteiger partial charge in [0.2, 0.25) is 5.91 Å². The summed E-state index contributed by atoms with van der Waals surface area (Å²) in [6.45, 7) is 2.25. The number of thioether (sulfide) groups is 1. The van der Waals surface area contributed by atoms with E-state index in [1.54, 1.807) is 4.90 Å². The first kappa shape index (κ1) is 21.8. The van der Waals surface area contributed by atoms with Crippen molar-refractivity contribution in [2.45, 2.75) is 24.5 Å². The topological polar surface area (TPSA) is 115 Å². The van der Waals surface area contributed by atoms with Gasteiger partial charge in [-0.15, -0.1) is 11.3 Å². The molecular weight excluding hydrogens is 456 g/mol. The lowest BCUT2D eigenvalue weighted by Crippen LogP contribution is -2.42. The number of nitrogens with zero attached hydrogens (tertiary/aromatic N) is 3. The molecule has 0 unspecified atom stereocenters. The van der Waals surface area contributed by atoms with Crippen molar-refractivity contribution in [3.63, 3.8) is 0 Å². The van der Waals surface area contributed by atoms with Gasteiger partial charge in [0.05, 0.1) is 22.6 Å². The number of nitrogens with two attached hydrogens (primary N) is 1. The van der Waals surface area contributed by atoms with Crippen LogP contribution in [0.2, 0.25) is 0 Å². The molecular formula is C20H22N4O4S3. The first-order valence-electron chi connectivity index (χ1n) is 9.78. The van der Waals surface area contributed by atoms with Crippen molar-refractivity contribution in [2.75, 3.05) is 29.6 Å². The Balaban J connectivity index is 1.56. The van der Waals surface area contributed by atoms with Gasteiger partial charge in [-0.25, -0.2) is 18.1 Å². The lowest BCUT2D eigenvalue weighted by atomic mass is 10.1. The Morgan fingerprint density at radius 2 is 2.10 bits per heavy atom. The Hall–Kier alpha value is -2.37. The second-order valence-electron chi connectivity index (χ2n) is 7.29. The van der Waals surface area contributed by atoms with Gasteiger partial charge in [-0.05, 0) is 18.9 Å². The molecule has 8 nitrogen and oxygen atoms in total. The monoisotopic (exact) mass is 478 g/mol. The molecule has 0 radical (unpaired) electrons. The number of rotatable bonds is 6. The van der Waals surface area contributed by atoms with Gasteiger partial charge in [-0.3, -0.25) is 9.59 Å². The van der Waals surface area contributed by atoms with Crippen molar-refractivity contribution in [2.24, 2.45) is 0 Å². The van der Waals surface area contributed by atoms with Crippen molar-refractivity contribution >= 4 is 49.1 Å². The van der Waals surface area contributed by atoms with Crippen LogP contribution >= 0.6 is 23.1 Å². The maximum Gasteiger partial charge on any atom is 0.282 e. The summed E-state index contributed by atoms with van der Waals surface area (Å²) >= 11 is 2.44. The maximum absolute atomic E-state index is 12.9. The maximum atomic E-state index is 12.9. The third-order valence-corrected chi connectivity index (χ3v) is 8.89. The molecule has 1 aromatic carbocycles. The summed E-state index contributed by atoms with van der Waals surface area (Å²) in [5.74, 6) is 5.97. The molecule has 0 aliphatic carbocycles. The molecule has 2 N–H and O–H groups in total. The molecule has 2 aromatic heterocycles. The van der Waals surface area contributed by atoms with E-state index in [1.807, 2.05) is 42.6 Å². The van der Waals surface area contributed by atoms with Crippen LogP contribution in [0.1, 0.15) is 13.3 Å². The van der Waals surface area contributed by atoms with E-state index in [0.717, 1.165) is 27.6 Å². The summed E-state index contributed by atoms with van der Waals surface area (Å²) in [5, 5.41) is 2.59. The fourth-order valence-electron chi connectivity index (χ4n) is 3.79. The molecule has 1 amide bonds. The molecule has 31 heavy (non-hydrogen) atoms. The molecule has 3 heterocycles. The van der Waals surface area contributed by atoms with Gasteiger partial charge in [-0.2, -0.15) is 0 Å². The number of fused-ring (bicyclic) bond motifs is 1. The van der Waals surface area contributed by atoms with E-state index in [9.17, 15) is 18.0 Å². The van der Waals surface area contributed by atoms with Gasteiger partial charge in [-0.1, -0.05) is 42.1 Å². The summed E-state index contributed by atoms with van der Waals surface area (Å²) in [4.78, 5) is 32.4. The van der Waals surface area contributed by atoms with Crippen molar-refractivity contribution in [1.82, 2.24) is 14.6 Å². The van der Waals surface area contributed by atoms with Gasteiger partial charge < -0.3 is 10.7 Å². The second-order valence-corrected chi connectivity index (χ2v) is 11.3. The summed E-state index contributed by atoms with van der Waals surface area (Å²) in [6, 6.07) is 9.25. The van der Waals surface area contributed by atoms with Crippen LogP contribution in [0.4, 0.5) is 0 Å². The molecule has 1 fully saturated rings. The van der Waals surface area contributed by atoms with Crippen LogP contribution in [-0.4, -0.2) is 58.7 Å². The number of nitrogen functional groups attached to an aromatic ring is 1. The van der Waals surface area contributed by atoms with E-state index in [-0.39, 0.29) is 39.9 Å². The van der Waals surface area contributed by atoms with Crippen LogP contribution in [0.5, 0.6) is 0 Å². The fourth-order valence-corrected chi connectivity index (χ4v) is 7.31. The Bertz CT molecular complexity index is 1280. The number of hydrogen-bond donors (Lipinski definition) is 1. The minimum atomic E-state index is -3.09. The molecule has 164 valence electrons. The number of sulfone groups is 1. The number of amides is 1. The zero-order valence-corrected chi connectivity index (χ0v) is 19.3. The van der Waals surface area contributed by atoms with Gasteiger partial charge >= 0.3 is 0 Å². The fraction of sp³-hybridized carbons (Fsp3) is 0.350. The molecule has 1 atom stereocenters. The third-order valence-electron chi connectivity index (χ3n) is 5.33. The number of benzene rings is 1. The van der Waals surface area contributed by atoms with Crippen LogP contribution in [0.3, 0.4) is 0 Å². The quantitative estimate of drug-likeness (QED) is 0.327.